The molecule has 0 spiro atoms. The van der Waals surface area contributed by atoms with Gasteiger partial charge in [0, 0.05) is 23.3 Å². The fourth-order valence-corrected chi connectivity index (χ4v) is 6.56. The number of amides is 1. The van der Waals surface area contributed by atoms with E-state index in [1.54, 1.807) is 10.8 Å². The lowest BCUT2D eigenvalue weighted by atomic mass is 9.95. The average Bonchev–Trinajstić information content (AvgIpc) is 3.47. The van der Waals surface area contributed by atoms with Crippen LogP contribution in [0.5, 0.6) is 5.75 Å². The van der Waals surface area contributed by atoms with E-state index in [1.165, 1.54) is 11.3 Å². The monoisotopic (exact) mass is 589 g/mol. The summed E-state index contributed by atoms with van der Waals surface area (Å²) in [7, 11) is 0. The molecule has 0 saturated carbocycles. The minimum absolute atomic E-state index is 0.202. The lowest BCUT2D eigenvalue weighted by Gasteiger charge is -2.25. The zero-order chi connectivity index (χ0) is 30.1. The molecule has 1 aliphatic rings. The Bertz CT molecular complexity index is 2020. The molecule has 216 valence electrons. The third kappa shape index (κ3) is 5.35. The second-order valence-corrected chi connectivity index (χ2v) is 11.3. The summed E-state index contributed by atoms with van der Waals surface area (Å²) in [5.41, 5.74) is 6.16. The van der Waals surface area contributed by atoms with E-state index >= 15 is 0 Å². The normalized spacial score (nSPS) is 14.8. The second kappa shape index (κ2) is 11.7. The standard InChI is InChI=1S/C34H31N5O3S/c1-5-42-28-15-13-24(14-16-28)31-30(32(40)37-26-10-7-6-8-11-26)22(3)36-34-39(31)33(41)29(43-34)19-25-18-21(2)38(23(25)4)27-12-9-17-35-20-27/h6-20,31H,5H2,1-4H3,(H,37,40)/b29-19+/t31-/m1/s1. The highest BCUT2D eigenvalue weighted by atomic mass is 32.1. The van der Waals surface area contributed by atoms with Crippen LogP contribution in [0, 0.1) is 13.8 Å². The summed E-state index contributed by atoms with van der Waals surface area (Å²) in [6.45, 7) is 8.35. The molecule has 1 N–H and O–H groups in total. The Kier molecular flexibility index (Phi) is 7.65. The smallest absolute Gasteiger partial charge is 0.271 e. The van der Waals surface area contributed by atoms with Gasteiger partial charge in [-0.25, -0.2) is 4.99 Å². The highest BCUT2D eigenvalue weighted by Gasteiger charge is 2.32. The van der Waals surface area contributed by atoms with E-state index in [1.807, 2.05) is 107 Å². The van der Waals surface area contributed by atoms with Crippen molar-refractivity contribution < 1.29 is 9.53 Å². The number of benzene rings is 2. The van der Waals surface area contributed by atoms with Crippen LogP contribution in [0.1, 0.15) is 42.4 Å². The molecule has 0 saturated heterocycles. The van der Waals surface area contributed by atoms with Crippen LogP contribution in [0.15, 0.2) is 106 Å². The van der Waals surface area contributed by atoms with Crippen molar-refractivity contribution in [2.45, 2.75) is 33.7 Å². The van der Waals surface area contributed by atoms with Crippen LogP contribution >= 0.6 is 11.3 Å². The van der Waals surface area contributed by atoms with Gasteiger partial charge in [0.1, 0.15) is 5.75 Å². The maximum Gasteiger partial charge on any atom is 0.271 e. The number of para-hydroxylation sites is 1. The molecule has 0 fully saturated rings. The average molecular weight is 590 g/mol. The second-order valence-electron chi connectivity index (χ2n) is 10.3. The first-order chi connectivity index (χ1) is 20.9. The maximum atomic E-state index is 14.2. The number of ether oxygens (including phenoxy) is 1. The first kappa shape index (κ1) is 28.1. The molecule has 8 nitrogen and oxygen atoms in total. The van der Waals surface area contributed by atoms with Gasteiger partial charge in [0.2, 0.25) is 0 Å². The third-order valence-electron chi connectivity index (χ3n) is 7.47. The van der Waals surface area contributed by atoms with Crippen LogP contribution < -0.4 is 24.9 Å². The SMILES string of the molecule is CCOc1ccc([C@@H]2C(C(=O)Nc3ccccc3)=C(C)N=c3s/c(=C/c4cc(C)n(-c5cccnc5)c4C)c(=O)n32)cc1. The van der Waals surface area contributed by atoms with Gasteiger partial charge in [-0.2, -0.15) is 0 Å². The molecule has 0 bridgehead atoms. The molecule has 1 amide bonds. The Labute approximate surface area is 253 Å². The van der Waals surface area contributed by atoms with Crippen molar-refractivity contribution >= 4 is 29.0 Å². The molecule has 4 heterocycles. The number of hydrogen-bond donors (Lipinski definition) is 1. The zero-order valence-corrected chi connectivity index (χ0v) is 25.2. The maximum absolute atomic E-state index is 14.2. The number of thiazole rings is 1. The van der Waals surface area contributed by atoms with Crippen molar-refractivity contribution in [3.8, 4) is 11.4 Å². The van der Waals surface area contributed by atoms with Crippen molar-refractivity contribution in [3.05, 3.63) is 139 Å². The first-order valence-corrected chi connectivity index (χ1v) is 14.9. The Morgan fingerprint density at radius 2 is 1.81 bits per heavy atom. The number of allylic oxidation sites excluding steroid dienone is 1. The van der Waals surface area contributed by atoms with E-state index in [-0.39, 0.29) is 11.5 Å². The van der Waals surface area contributed by atoms with Gasteiger partial charge in [-0.15, -0.1) is 0 Å². The predicted molar refractivity (Wildman–Crippen MR) is 169 cm³/mol. The molecule has 3 aromatic heterocycles. The van der Waals surface area contributed by atoms with Crippen molar-refractivity contribution in [2.24, 2.45) is 4.99 Å². The lowest BCUT2D eigenvalue weighted by Crippen LogP contribution is -2.40. The first-order valence-electron chi connectivity index (χ1n) is 14.1. The number of aromatic nitrogens is 3. The minimum Gasteiger partial charge on any atom is -0.494 e. The van der Waals surface area contributed by atoms with E-state index in [2.05, 4.69) is 20.9 Å². The molecule has 0 unspecified atom stereocenters. The van der Waals surface area contributed by atoms with E-state index in [9.17, 15) is 9.59 Å². The third-order valence-corrected chi connectivity index (χ3v) is 8.45. The number of carbonyl (C=O) groups is 1. The summed E-state index contributed by atoms with van der Waals surface area (Å²) in [4.78, 5) is 37.5. The topological polar surface area (TPSA) is 90.5 Å². The van der Waals surface area contributed by atoms with Gasteiger partial charge in [-0.3, -0.25) is 19.1 Å². The van der Waals surface area contributed by atoms with Crippen LogP contribution in [0.4, 0.5) is 5.69 Å². The number of hydrogen-bond acceptors (Lipinski definition) is 6. The molecule has 43 heavy (non-hydrogen) atoms. The molecular formula is C34H31N5O3S. The zero-order valence-electron chi connectivity index (χ0n) is 24.4. The highest BCUT2D eigenvalue weighted by molar-refractivity contribution is 7.07. The number of fused-ring (bicyclic) bond motifs is 1. The fraction of sp³-hybridized carbons (Fsp3) is 0.176. The van der Waals surface area contributed by atoms with Crippen LogP contribution in [-0.2, 0) is 4.79 Å². The quantitative estimate of drug-likeness (QED) is 0.287. The van der Waals surface area contributed by atoms with Gasteiger partial charge < -0.3 is 14.6 Å². The molecular weight excluding hydrogens is 558 g/mol. The Balaban J connectivity index is 1.49. The van der Waals surface area contributed by atoms with Crippen LogP contribution in [-0.4, -0.2) is 26.6 Å². The van der Waals surface area contributed by atoms with E-state index < -0.39 is 6.04 Å². The van der Waals surface area contributed by atoms with Crippen LogP contribution in [0.2, 0.25) is 0 Å². The summed E-state index contributed by atoms with van der Waals surface area (Å²) in [5, 5.41) is 2.99. The summed E-state index contributed by atoms with van der Waals surface area (Å²) >= 11 is 1.32. The molecule has 2 aromatic carbocycles. The Morgan fingerprint density at radius 3 is 2.51 bits per heavy atom. The predicted octanol–water partition coefficient (Wildman–Crippen LogP) is 5.08. The van der Waals surface area contributed by atoms with Crippen molar-refractivity contribution in [3.63, 3.8) is 0 Å². The number of nitrogens with zero attached hydrogens (tertiary/aromatic N) is 4. The highest BCUT2D eigenvalue weighted by Crippen LogP contribution is 2.32. The van der Waals surface area contributed by atoms with Crippen LogP contribution in [0.25, 0.3) is 11.8 Å². The van der Waals surface area contributed by atoms with Gasteiger partial charge in [0.25, 0.3) is 11.5 Å². The largest absolute Gasteiger partial charge is 0.494 e. The van der Waals surface area contributed by atoms with Crippen LogP contribution in [0.3, 0.4) is 0 Å². The van der Waals surface area contributed by atoms with E-state index in [0.29, 0.717) is 32.9 Å². The van der Waals surface area contributed by atoms with E-state index in [0.717, 1.165) is 34.0 Å². The molecule has 6 rings (SSSR count). The molecule has 1 atom stereocenters. The van der Waals surface area contributed by atoms with Crippen molar-refractivity contribution in [2.75, 3.05) is 11.9 Å². The molecule has 1 aliphatic heterocycles. The Hall–Kier alpha value is -5.02. The van der Waals surface area contributed by atoms with Gasteiger partial charge in [-0.1, -0.05) is 41.7 Å². The molecule has 0 aliphatic carbocycles. The summed E-state index contributed by atoms with van der Waals surface area (Å²) in [6.07, 6.45) is 5.48. The number of rotatable bonds is 7. The van der Waals surface area contributed by atoms with Gasteiger partial charge in [-0.05, 0) is 87.4 Å². The molecule has 9 heteroatoms. The lowest BCUT2D eigenvalue weighted by molar-refractivity contribution is -0.113. The number of pyridine rings is 1. The van der Waals surface area contributed by atoms with Crippen molar-refractivity contribution in [1.29, 1.82) is 0 Å². The Morgan fingerprint density at radius 1 is 1.05 bits per heavy atom. The van der Waals surface area contributed by atoms with Crippen molar-refractivity contribution in [1.82, 2.24) is 14.1 Å². The fourth-order valence-electron chi connectivity index (χ4n) is 5.52. The van der Waals surface area contributed by atoms with E-state index in [4.69, 9.17) is 9.73 Å². The number of anilines is 1. The minimum atomic E-state index is -0.666. The van der Waals surface area contributed by atoms with Gasteiger partial charge in [0.15, 0.2) is 4.80 Å². The number of carbonyl (C=O) groups excluding carboxylic acids is 1. The summed E-state index contributed by atoms with van der Waals surface area (Å²) in [6, 6.07) is 22.1. The summed E-state index contributed by atoms with van der Waals surface area (Å²) < 4.78 is 9.95. The number of aryl methyl sites for hydroxylation is 1. The summed E-state index contributed by atoms with van der Waals surface area (Å²) in [5.74, 6) is 0.416. The molecule has 0 radical (unpaired) electrons. The van der Waals surface area contributed by atoms with Gasteiger partial charge >= 0.3 is 0 Å². The van der Waals surface area contributed by atoms with Gasteiger partial charge in [0.05, 0.1) is 40.3 Å². The molecule has 5 aromatic rings. The number of nitrogens with one attached hydrogen (secondary N) is 1.